The number of unbranched alkanes of at least 4 members (excludes halogenated alkanes) is 1. The van der Waals surface area contributed by atoms with Crippen molar-refractivity contribution in [2.45, 2.75) is 32.4 Å². The van der Waals surface area contributed by atoms with Gasteiger partial charge in [-0.25, -0.2) is 9.78 Å². The first-order valence-corrected chi connectivity index (χ1v) is 11.8. The summed E-state index contributed by atoms with van der Waals surface area (Å²) in [5.74, 6) is -1.59. The number of nitriles is 1. The van der Waals surface area contributed by atoms with Gasteiger partial charge in [0.1, 0.15) is 11.8 Å². The summed E-state index contributed by atoms with van der Waals surface area (Å²) in [6.45, 7) is 2.84. The predicted molar refractivity (Wildman–Crippen MR) is 131 cm³/mol. The number of ether oxygens (including phenoxy) is 2. The number of anilines is 3. The maximum absolute atomic E-state index is 14.1. The van der Waals surface area contributed by atoms with Gasteiger partial charge in [-0.3, -0.25) is 14.9 Å². The molecule has 1 fully saturated rings. The number of benzene rings is 1. The number of morpholine rings is 1. The molecule has 202 valence electrons. The highest BCUT2D eigenvalue weighted by Crippen LogP contribution is 2.42. The zero-order valence-corrected chi connectivity index (χ0v) is 20.6. The monoisotopic (exact) mass is 533 g/mol. The third-order valence-corrected chi connectivity index (χ3v) is 5.55. The smallest absolute Gasteiger partial charge is 0.418 e. The average molecular weight is 534 g/mol. The molecule has 0 spiro atoms. The Hall–Kier alpha value is -4.18. The van der Waals surface area contributed by atoms with Crippen LogP contribution in [-0.4, -0.2) is 55.7 Å². The zero-order chi connectivity index (χ0) is 27.7. The van der Waals surface area contributed by atoms with Gasteiger partial charge in [0.15, 0.2) is 5.78 Å². The molecule has 0 unspecified atom stereocenters. The maximum Gasteiger partial charge on any atom is 0.418 e. The van der Waals surface area contributed by atoms with Gasteiger partial charge in [0.05, 0.1) is 48.9 Å². The Morgan fingerprint density at radius 3 is 2.53 bits per heavy atom. The van der Waals surface area contributed by atoms with Crippen molar-refractivity contribution in [3.8, 4) is 6.07 Å². The van der Waals surface area contributed by atoms with E-state index in [0.29, 0.717) is 6.42 Å². The summed E-state index contributed by atoms with van der Waals surface area (Å²) in [4.78, 5) is 42.8. The van der Waals surface area contributed by atoms with Gasteiger partial charge in [0.2, 0.25) is 5.91 Å². The van der Waals surface area contributed by atoms with Crippen LogP contribution in [0.1, 0.15) is 47.8 Å². The summed E-state index contributed by atoms with van der Waals surface area (Å²) in [7, 11) is 0. The number of halogens is 3. The molecule has 3 rings (SSSR count). The standard InChI is InChI=1S/C25H26F3N5O5/c1-2-3-8-38-24(36)32-20-13-21(33-6-9-37-10-7-33)18(25(26,27)28)12-19(20)31-23(35)14-22(34)16-4-5-30-17(11-16)15-29/h4-5,11-13H,2-3,6-10,14H2,1H3,(H,31,35)(H,32,36). The first-order valence-electron chi connectivity index (χ1n) is 11.8. The quantitative estimate of drug-likeness (QED) is 0.276. The van der Waals surface area contributed by atoms with Crippen LogP contribution in [0.2, 0.25) is 0 Å². The molecule has 1 aromatic carbocycles. The van der Waals surface area contributed by atoms with Gasteiger partial charge in [-0.05, 0) is 30.7 Å². The summed E-state index contributed by atoms with van der Waals surface area (Å²) >= 11 is 0. The van der Waals surface area contributed by atoms with Crippen LogP contribution in [-0.2, 0) is 20.4 Å². The Morgan fingerprint density at radius 2 is 1.87 bits per heavy atom. The molecule has 2 N–H and O–H groups in total. The minimum Gasteiger partial charge on any atom is -0.449 e. The van der Waals surface area contributed by atoms with Crippen LogP contribution in [0, 0.1) is 11.3 Å². The normalized spacial score (nSPS) is 13.4. The first-order chi connectivity index (χ1) is 18.1. The van der Waals surface area contributed by atoms with Crippen molar-refractivity contribution in [3.05, 3.63) is 47.3 Å². The Bertz CT molecular complexity index is 1220. The molecule has 2 heterocycles. The number of pyridine rings is 1. The zero-order valence-electron chi connectivity index (χ0n) is 20.6. The Morgan fingerprint density at radius 1 is 1.16 bits per heavy atom. The number of rotatable bonds is 9. The number of carbonyl (C=O) groups excluding carboxylic acids is 3. The number of carbonyl (C=O) groups is 3. The van der Waals surface area contributed by atoms with Crippen molar-refractivity contribution in [3.63, 3.8) is 0 Å². The van der Waals surface area contributed by atoms with Gasteiger partial charge < -0.3 is 19.7 Å². The number of aromatic nitrogens is 1. The van der Waals surface area contributed by atoms with Crippen LogP contribution >= 0.6 is 0 Å². The highest BCUT2D eigenvalue weighted by molar-refractivity contribution is 6.12. The number of hydrogen-bond acceptors (Lipinski definition) is 8. The van der Waals surface area contributed by atoms with Gasteiger partial charge in [0, 0.05) is 24.8 Å². The fourth-order valence-electron chi connectivity index (χ4n) is 3.65. The molecule has 2 amide bonds. The van der Waals surface area contributed by atoms with Crippen LogP contribution in [0.3, 0.4) is 0 Å². The lowest BCUT2D eigenvalue weighted by molar-refractivity contribution is -0.137. The van der Waals surface area contributed by atoms with E-state index in [1.165, 1.54) is 23.2 Å². The van der Waals surface area contributed by atoms with Gasteiger partial charge in [-0.1, -0.05) is 13.3 Å². The molecule has 1 aromatic heterocycles. The molecule has 10 nitrogen and oxygen atoms in total. The predicted octanol–water partition coefficient (Wildman–Crippen LogP) is 4.37. The van der Waals surface area contributed by atoms with E-state index in [-0.39, 0.29) is 61.2 Å². The summed E-state index contributed by atoms with van der Waals surface area (Å²) in [5.41, 5.74) is -1.69. The van der Waals surface area contributed by atoms with Crippen LogP contribution in [0.5, 0.6) is 0 Å². The van der Waals surface area contributed by atoms with Crippen LogP contribution in [0.15, 0.2) is 30.5 Å². The van der Waals surface area contributed by atoms with Crippen molar-refractivity contribution >= 4 is 34.8 Å². The maximum atomic E-state index is 14.1. The fourth-order valence-corrected chi connectivity index (χ4v) is 3.65. The number of nitrogens with one attached hydrogen (secondary N) is 2. The fraction of sp³-hybridized carbons (Fsp3) is 0.400. The molecule has 0 bridgehead atoms. The number of nitrogens with zero attached hydrogens (tertiary/aromatic N) is 3. The molecule has 0 aliphatic carbocycles. The van der Waals surface area contributed by atoms with E-state index in [9.17, 15) is 27.6 Å². The van der Waals surface area contributed by atoms with E-state index in [1.54, 1.807) is 6.07 Å². The van der Waals surface area contributed by atoms with Crippen LogP contribution < -0.4 is 15.5 Å². The number of alkyl halides is 3. The Labute approximate surface area is 216 Å². The topological polar surface area (TPSA) is 134 Å². The number of Topliss-reactive ketones (excluding diaryl/α,β-unsaturated/α-hetero) is 1. The van der Waals surface area contributed by atoms with Crippen LogP contribution in [0.25, 0.3) is 0 Å². The first kappa shape index (κ1) is 28.4. The van der Waals surface area contributed by atoms with Crippen LogP contribution in [0.4, 0.5) is 35.0 Å². The molecule has 13 heteroatoms. The van der Waals surface area contributed by atoms with Crippen molar-refractivity contribution < 1.29 is 37.0 Å². The van der Waals surface area contributed by atoms with Crippen molar-refractivity contribution in [2.75, 3.05) is 48.4 Å². The van der Waals surface area contributed by atoms with E-state index >= 15 is 0 Å². The van der Waals surface area contributed by atoms with E-state index in [0.717, 1.165) is 18.6 Å². The van der Waals surface area contributed by atoms with E-state index in [1.807, 2.05) is 6.92 Å². The second kappa shape index (κ2) is 12.9. The number of amides is 2. The lowest BCUT2D eigenvalue weighted by Crippen LogP contribution is -2.37. The van der Waals surface area contributed by atoms with Crippen molar-refractivity contribution in [1.82, 2.24) is 4.98 Å². The van der Waals surface area contributed by atoms with Gasteiger partial charge in [-0.15, -0.1) is 0 Å². The second-order valence-electron chi connectivity index (χ2n) is 8.32. The third-order valence-electron chi connectivity index (χ3n) is 5.55. The van der Waals surface area contributed by atoms with Gasteiger partial charge in [-0.2, -0.15) is 18.4 Å². The molecule has 0 radical (unpaired) electrons. The molecule has 1 aliphatic heterocycles. The summed E-state index contributed by atoms with van der Waals surface area (Å²) < 4.78 is 52.5. The third kappa shape index (κ3) is 7.66. The van der Waals surface area contributed by atoms with Crippen molar-refractivity contribution in [2.24, 2.45) is 0 Å². The molecule has 38 heavy (non-hydrogen) atoms. The van der Waals surface area contributed by atoms with Crippen molar-refractivity contribution in [1.29, 1.82) is 5.26 Å². The number of hydrogen-bond donors (Lipinski definition) is 2. The molecular weight excluding hydrogens is 507 g/mol. The van der Waals surface area contributed by atoms with E-state index < -0.39 is 35.9 Å². The molecule has 1 saturated heterocycles. The number of ketones is 1. The van der Waals surface area contributed by atoms with Gasteiger partial charge >= 0.3 is 12.3 Å². The van der Waals surface area contributed by atoms with E-state index in [2.05, 4.69) is 15.6 Å². The van der Waals surface area contributed by atoms with Gasteiger partial charge in [0.25, 0.3) is 0 Å². The second-order valence-corrected chi connectivity index (χ2v) is 8.32. The lowest BCUT2D eigenvalue weighted by atomic mass is 10.1. The summed E-state index contributed by atoms with van der Waals surface area (Å²) in [5, 5.41) is 13.7. The molecule has 0 saturated carbocycles. The highest BCUT2D eigenvalue weighted by atomic mass is 19.4. The summed E-state index contributed by atoms with van der Waals surface area (Å²) in [6, 6.07) is 6.13. The molecule has 2 aromatic rings. The Balaban J connectivity index is 1.92. The Kier molecular flexibility index (Phi) is 9.61. The SMILES string of the molecule is CCCCOC(=O)Nc1cc(N2CCOCC2)c(C(F)(F)F)cc1NC(=O)CC(=O)c1ccnc(C#N)c1. The molecule has 1 aliphatic rings. The highest BCUT2D eigenvalue weighted by Gasteiger charge is 2.37. The van der Waals surface area contributed by atoms with E-state index in [4.69, 9.17) is 14.7 Å². The minimum absolute atomic E-state index is 0.0298. The lowest BCUT2D eigenvalue weighted by Gasteiger charge is -2.32. The summed E-state index contributed by atoms with van der Waals surface area (Å²) in [6.07, 6.45) is -3.82. The largest absolute Gasteiger partial charge is 0.449 e. The molecular formula is C25H26F3N5O5. The molecule has 0 atom stereocenters. The average Bonchev–Trinajstić information content (AvgIpc) is 2.89. The minimum atomic E-state index is -4.78.